The zero-order chi connectivity index (χ0) is 12.6. The molecule has 0 spiro atoms. The van der Waals surface area contributed by atoms with Gasteiger partial charge in [-0.05, 0) is 24.6 Å². The highest BCUT2D eigenvalue weighted by molar-refractivity contribution is 6.33. The van der Waals surface area contributed by atoms with Gasteiger partial charge in [0.25, 0.3) is 0 Å². The van der Waals surface area contributed by atoms with Crippen molar-refractivity contribution >= 4 is 17.6 Å². The zero-order valence-corrected chi connectivity index (χ0v) is 10.2. The number of carbonyl (C=O) groups is 1. The highest BCUT2D eigenvalue weighted by Crippen LogP contribution is 2.27. The fraction of sp³-hybridized carbons (Fsp3) is 0.167. The second-order valence-electron chi connectivity index (χ2n) is 3.80. The van der Waals surface area contributed by atoms with Crippen LogP contribution in [0.15, 0.2) is 24.4 Å². The Morgan fingerprint density at radius 1 is 1.47 bits per heavy atom. The molecule has 0 fully saturated rings. The first-order valence-corrected chi connectivity index (χ1v) is 5.40. The molecule has 0 radical (unpaired) electrons. The number of halogens is 1. The van der Waals surface area contributed by atoms with Gasteiger partial charge in [0.05, 0.1) is 16.3 Å². The van der Waals surface area contributed by atoms with Crippen LogP contribution in [-0.4, -0.2) is 20.9 Å². The summed E-state index contributed by atoms with van der Waals surface area (Å²) in [6.45, 7) is 1.88. The van der Waals surface area contributed by atoms with Crippen LogP contribution in [0.5, 0.6) is 0 Å². The molecule has 0 saturated heterocycles. The fourth-order valence-corrected chi connectivity index (χ4v) is 1.94. The van der Waals surface area contributed by atoms with Gasteiger partial charge in [0.1, 0.15) is 0 Å². The molecule has 88 valence electrons. The third-order valence-corrected chi connectivity index (χ3v) is 2.85. The predicted octanol–water partition coefficient (Wildman–Crippen LogP) is 2.75. The van der Waals surface area contributed by atoms with Crippen molar-refractivity contribution in [3.8, 4) is 11.1 Å². The molecule has 1 aromatic heterocycles. The van der Waals surface area contributed by atoms with E-state index in [2.05, 4.69) is 5.10 Å². The molecule has 0 aliphatic heterocycles. The van der Waals surface area contributed by atoms with Crippen molar-refractivity contribution in [3.05, 3.63) is 40.7 Å². The topological polar surface area (TPSA) is 55.1 Å². The lowest BCUT2D eigenvalue weighted by Crippen LogP contribution is -1.97. The molecule has 1 N–H and O–H groups in total. The Bertz CT molecular complexity index is 590. The van der Waals surface area contributed by atoms with Crippen LogP contribution in [-0.2, 0) is 7.05 Å². The first-order valence-electron chi connectivity index (χ1n) is 5.02. The summed E-state index contributed by atoms with van der Waals surface area (Å²) in [5.74, 6) is -1.03. The van der Waals surface area contributed by atoms with E-state index >= 15 is 0 Å². The molecule has 1 heterocycles. The zero-order valence-electron chi connectivity index (χ0n) is 9.44. The van der Waals surface area contributed by atoms with Crippen molar-refractivity contribution in [2.75, 3.05) is 0 Å². The maximum absolute atomic E-state index is 11.0. The van der Waals surface area contributed by atoms with Gasteiger partial charge in [0.15, 0.2) is 0 Å². The normalized spacial score (nSPS) is 10.5. The van der Waals surface area contributed by atoms with Crippen LogP contribution in [0.2, 0.25) is 5.02 Å². The Hall–Kier alpha value is -1.81. The lowest BCUT2D eigenvalue weighted by atomic mass is 10.0. The monoisotopic (exact) mass is 250 g/mol. The van der Waals surface area contributed by atoms with Gasteiger partial charge < -0.3 is 5.11 Å². The van der Waals surface area contributed by atoms with Crippen LogP contribution in [0.3, 0.4) is 0 Å². The summed E-state index contributed by atoms with van der Waals surface area (Å²) < 4.78 is 1.69. The molecule has 0 unspecified atom stereocenters. The largest absolute Gasteiger partial charge is 0.478 e. The number of rotatable bonds is 2. The van der Waals surface area contributed by atoms with Gasteiger partial charge in [-0.2, -0.15) is 5.10 Å². The van der Waals surface area contributed by atoms with E-state index in [1.54, 1.807) is 22.9 Å². The summed E-state index contributed by atoms with van der Waals surface area (Å²) in [7, 11) is 1.82. The average Bonchev–Trinajstić information content (AvgIpc) is 2.58. The Balaban J connectivity index is 2.57. The average molecular weight is 251 g/mol. The lowest BCUT2D eigenvalue weighted by molar-refractivity contribution is 0.0697. The first-order chi connectivity index (χ1) is 7.99. The summed E-state index contributed by atoms with van der Waals surface area (Å²) in [6.07, 6.45) is 1.85. The highest BCUT2D eigenvalue weighted by atomic mass is 35.5. The molecule has 0 saturated carbocycles. The molecular formula is C12H11ClN2O2. The van der Waals surface area contributed by atoms with Gasteiger partial charge in [-0.3, -0.25) is 4.68 Å². The summed E-state index contributed by atoms with van der Waals surface area (Å²) in [5, 5.41) is 13.5. The molecule has 0 atom stereocenters. The molecule has 0 amide bonds. The van der Waals surface area contributed by atoms with Crippen LogP contribution >= 0.6 is 11.6 Å². The minimum absolute atomic E-state index is 0.104. The lowest BCUT2D eigenvalue weighted by Gasteiger charge is -2.03. The molecule has 4 nitrogen and oxygen atoms in total. The summed E-state index contributed by atoms with van der Waals surface area (Å²) in [4.78, 5) is 11.0. The Labute approximate surface area is 103 Å². The second kappa shape index (κ2) is 4.22. The van der Waals surface area contributed by atoms with E-state index < -0.39 is 5.97 Å². The third kappa shape index (κ3) is 2.17. The number of aromatic carboxylic acids is 1. The van der Waals surface area contributed by atoms with E-state index in [-0.39, 0.29) is 10.6 Å². The maximum atomic E-state index is 11.0. The molecule has 17 heavy (non-hydrogen) atoms. The van der Waals surface area contributed by atoms with Crippen LogP contribution in [0.25, 0.3) is 11.1 Å². The van der Waals surface area contributed by atoms with E-state index in [0.29, 0.717) is 0 Å². The Kier molecular flexibility index (Phi) is 2.90. The molecule has 2 aromatic rings. The molecule has 0 aliphatic rings. The van der Waals surface area contributed by atoms with Crippen LogP contribution in [0, 0.1) is 6.92 Å². The van der Waals surface area contributed by atoms with Crippen LogP contribution < -0.4 is 0 Å². The summed E-state index contributed by atoms with van der Waals surface area (Å²) >= 11 is 5.82. The first kappa shape index (κ1) is 11.7. The molecule has 0 aliphatic carbocycles. The van der Waals surface area contributed by atoms with E-state index in [9.17, 15) is 4.79 Å². The molecule has 0 bridgehead atoms. The number of aryl methyl sites for hydroxylation is 2. The number of aromatic nitrogens is 2. The number of carboxylic acid groups (broad SMARTS) is 1. The molecule has 2 rings (SSSR count). The summed E-state index contributed by atoms with van der Waals surface area (Å²) in [5.41, 5.74) is 2.67. The van der Waals surface area contributed by atoms with E-state index in [1.165, 1.54) is 0 Å². The molecule has 1 aromatic carbocycles. The van der Waals surface area contributed by atoms with Gasteiger partial charge in [-0.15, -0.1) is 0 Å². The Morgan fingerprint density at radius 3 is 2.71 bits per heavy atom. The quantitative estimate of drug-likeness (QED) is 0.892. The number of nitrogens with zero attached hydrogens (tertiary/aromatic N) is 2. The van der Waals surface area contributed by atoms with E-state index in [0.717, 1.165) is 16.8 Å². The van der Waals surface area contributed by atoms with Gasteiger partial charge >= 0.3 is 5.97 Å². The number of benzene rings is 1. The minimum atomic E-state index is -1.03. The predicted molar refractivity (Wildman–Crippen MR) is 65.4 cm³/mol. The van der Waals surface area contributed by atoms with Gasteiger partial charge in [-0.25, -0.2) is 4.79 Å². The SMILES string of the molecule is Cc1nn(C)cc1-c1ccc(Cl)c(C(=O)O)c1. The van der Waals surface area contributed by atoms with Crippen LogP contribution in [0.1, 0.15) is 16.1 Å². The minimum Gasteiger partial charge on any atom is -0.478 e. The molecule has 5 heteroatoms. The van der Waals surface area contributed by atoms with Crippen molar-refractivity contribution in [2.45, 2.75) is 6.92 Å². The standard InChI is InChI=1S/C12H11ClN2O2/c1-7-10(6-15(2)14-7)8-3-4-11(13)9(5-8)12(16)17/h3-6H,1-2H3,(H,16,17). The number of carboxylic acids is 1. The van der Waals surface area contributed by atoms with Gasteiger partial charge in [0.2, 0.25) is 0 Å². The van der Waals surface area contributed by atoms with Crippen molar-refractivity contribution < 1.29 is 9.90 Å². The van der Waals surface area contributed by atoms with Crippen LogP contribution in [0.4, 0.5) is 0 Å². The van der Waals surface area contributed by atoms with Gasteiger partial charge in [0, 0.05) is 18.8 Å². The Morgan fingerprint density at radius 2 is 2.18 bits per heavy atom. The number of hydrogen-bond acceptors (Lipinski definition) is 2. The van der Waals surface area contributed by atoms with Gasteiger partial charge in [-0.1, -0.05) is 17.7 Å². The summed E-state index contributed by atoms with van der Waals surface area (Å²) in [6, 6.07) is 4.94. The van der Waals surface area contributed by atoms with E-state index in [4.69, 9.17) is 16.7 Å². The smallest absolute Gasteiger partial charge is 0.337 e. The van der Waals surface area contributed by atoms with Crippen molar-refractivity contribution in [1.29, 1.82) is 0 Å². The highest BCUT2D eigenvalue weighted by Gasteiger charge is 2.12. The van der Waals surface area contributed by atoms with Crippen molar-refractivity contribution in [2.24, 2.45) is 7.05 Å². The second-order valence-corrected chi connectivity index (χ2v) is 4.21. The molecular weight excluding hydrogens is 240 g/mol. The van der Waals surface area contributed by atoms with E-state index in [1.807, 2.05) is 20.2 Å². The van der Waals surface area contributed by atoms with Crippen molar-refractivity contribution in [1.82, 2.24) is 9.78 Å². The fourth-order valence-electron chi connectivity index (χ4n) is 1.74. The maximum Gasteiger partial charge on any atom is 0.337 e. The number of hydrogen-bond donors (Lipinski definition) is 1. The van der Waals surface area contributed by atoms with Crippen molar-refractivity contribution in [3.63, 3.8) is 0 Å². The third-order valence-electron chi connectivity index (χ3n) is 2.52.